The van der Waals surface area contributed by atoms with E-state index in [1.807, 2.05) is 127 Å². The maximum absolute atomic E-state index is 9.52. The van der Waals surface area contributed by atoms with Crippen LogP contribution in [0.2, 0.25) is 0 Å². The van der Waals surface area contributed by atoms with E-state index in [-0.39, 0.29) is 81.0 Å². The molecule has 0 aliphatic heterocycles. The largest absolute Gasteiger partial charge is 0.456 e. The number of rotatable bonds is 5. The predicted molar refractivity (Wildman–Crippen MR) is 202 cm³/mol. The summed E-state index contributed by atoms with van der Waals surface area (Å²) in [5, 5.41) is 2.02. The first-order chi connectivity index (χ1) is 27.3. The van der Waals surface area contributed by atoms with Gasteiger partial charge in [-0.3, -0.25) is 0 Å². The average molecular weight is 648 g/mol. The van der Waals surface area contributed by atoms with Crippen LogP contribution in [0.1, 0.15) is 8.22 Å². The molecule has 234 valence electrons. The van der Waals surface area contributed by atoms with Gasteiger partial charge in [0.2, 0.25) is 0 Å². The topological polar surface area (TPSA) is 65.0 Å². The smallest absolute Gasteiger partial charge is 0.164 e. The van der Waals surface area contributed by atoms with Crippen LogP contribution in [0.15, 0.2) is 172 Å². The third kappa shape index (κ3) is 4.67. The highest BCUT2D eigenvalue weighted by atomic mass is 16.3. The quantitative estimate of drug-likeness (QED) is 0.186. The summed E-state index contributed by atoms with van der Waals surface area (Å²) in [4.78, 5) is 14.6. The van der Waals surface area contributed by atoms with Gasteiger partial charge in [-0.05, 0) is 52.5 Å². The van der Waals surface area contributed by atoms with Gasteiger partial charge in [0.1, 0.15) is 22.3 Å². The Bertz CT molecular complexity index is 3200. The summed E-state index contributed by atoms with van der Waals surface area (Å²) < 4.78 is 67.3. The van der Waals surface area contributed by atoms with Crippen molar-refractivity contribution in [1.29, 1.82) is 0 Å². The van der Waals surface area contributed by atoms with Crippen LogP contribution >= 0.6 is 0 Å². The fraction of sp³-hybridized carbons (Fsp3) is 0. The van der Waals surface area contributed by atoms with Crippen LogP contribution in [0.4, 0.5) is 0 Å². The van der Waals surface area contributed by atoms with Gasteiger partial charge in [-0.1, -0.05) is 133 Å². The van der Waals surface area contributed by atoms with Gasteiger partial charge in [0.05, 0.1) is 8.22 Å². The molecule has 3 heterocycles. The van der Waals surface area contributed by atoms with Crippen molar-refractivity contribution in [1.82, 2.24) is 15.0 Å². The minimum atomic E-state index is -0.348. The van der Waals surface area contributed by atoms with Crippen molar-refractivity contribution in [2.75, 3.05) is 0 Å². The molecule has 0 unspecified atom stereocenters. The van der Waals surface area contributed by atoms with Crippen LogP contribution in [0.5, 0.6) is 0 Å². The first-order valence-electron chi connectivity index (χ1n) is 19.1. The summed E-state index contributed by atoms with van der Waals surface area (Å²) in [5.41, 5.74) is 5.36. The lowest BCUT2D eigenvalue weighted by Crippen LogP contribution is -2.00. The van der Waals surface area contributed by atoms with Gasteiger partial charge in [0.25, 0.3) is 0 Å². The second-order valence-corrected chi connectivity index (χ2v) is 11.9. The fourth-order valence-corrected chi connectivity index (χ4v) is 6.52. The van der Waals surface area contributed by atoms with Crippen LogP contribution in [0.25, 0.3) is 100 Å². The maximum Gasteiger partial charge on any atom is 0.164 e. The molecule has 7 aromatic carbocycles. The van der Waals surface area contributed by atoms with Crippen LogP contribution < -0.4 is 0 Å². The molecule has 0 saturated heterocycles. The Balaban J connectivity index is 1.23. The van der Waals surface area contributed by atoms with E-state index >= 15 is 0 Å². The predicted octanol–water partition coefficient (Wildman–Crippen LogP) is 12.0. The number of nitrogens with zero attached hydrogens (tertiary/aromatic N) is 3. The van der Waals surface area contributed by atoms with Crippen LogP contribution in [-0.2, 0) is 0 Å². The Morgan fingerprint density at radius 2 is 1.00 bits per heavy atom. The van der Waals surface area contributed by atoms with E-state index in [4.69, 9.17) is 27.9 Å². The van der Waals surface area contributed by atoms with Crippen molar-refractivity contribution in [2.45, 2.75) is 0 Å². The van der Waals surface area contributed by atoms with E-state index in [2.05, 4.69) is 0 Å². The lowest BCUT2D eigenvalue weighted by atomic mass is 9.96. The molecule has 0 atom stereocenters. The molecule has 3 aromatic heterocycles. The zero-order valence-electron chi connectivity index (χ0n) is 32.3. The highest BCUT2D eigenvalue weighted by molar-refractivity contribution is 6.13. The molecule has 5 nitrogen and oxygen atoms in total. The van der Waals surface area contributed by atoms with Gasteiger partial charge in [0, 0.05) is 38.2 Å². The SMILES string of the molecule is [2H]c1c([2H])c(-c2ccc(-c3ccccc3)cc2)c2c(oc3c([2H])c(-c4nc(-c5ccccc5)nc(-c5cccc6oc7ccccc7c56)n4)c([2H])c([2H])c32)c1[2H]. The second kappa shape index (κ2) is 11.4. The number of hydrogen-bond acceptors (Lipinski definition) is 5. The summed E-state index contributed by atoms with van der Waals surface area (Å²) in [6.07, 6.45) is 0. The summed E-state index contributed by atoms with van der Waals surface area (Å²) in [6, 6.07) is 38.2. The molecule has 10 rings (SSSR count). The zero-order valence-corrected chi connectivity index (χ0v) is 26.3. The standard InChI is InChI=1S/C45H27N3O2/c1-3-11-28(12-4-1)29-21-23-30(24-22-29)33-16-9-19-38-41(33)35-26-25-32(27-40(35)50-38)44-46-43(31-13-5-2-6-14-31)47-45(48-44)36-17-10-20-39-42(36)34-15-7-8-18-37(34)49-39/h1-27H/i9D,16D,19D,25D,26D,27D. The summed E-state index contributed by atoms with van der Waals surface area (Å²) >= 11 is 0. The molecule has 0 amide bonds. The third-order valence-corrected chi connectivity index (χ3v) is 8.89. The highest BCUT2D eigenvalue weighted by Gasteiger charge is 2.19. The molecular weight excluding hydrogens is 615 g/mol. The number of benzene rings is 7. The fourth-order valence-electron chi connectivity index (χ4n) is 6.52. The van der Waals surface area contributed by atoms with E-state index in [0.717, 1.165) is 21.9 Å². The molecule has 0 aliphatic rings. The molecule has 0 N–H and O–H groups in total. The van der Waals surface area contributed by atoms with Crippen molar-refractivity contribution >= 4 is 43.9 Å². The molecule has 0 fully saturated rings. The van der Waals surface area contributed by atoms with Gasteiger partial charge < -0.3 is 8.83 Å². The van der Waals surface area contributed by atoms with Gasteiger partial charge in [-0.2, -0.15) is 0 Å². The lowest BCUT2D eigenvalue weighted by Gasteiger charge is -2.09. The normalized spacial score (nSPS) is 13.3. The minimum Gasteiger partial charge on any atom is -0.456 e. The zero-order chi connectivity index (χ0) is 38.2. The number of fused-ring (bicyclic) bond motifs is 6. The highest BCUT2D eigenvalue weighted by Crippen LogP contribution is 2.40. The Morgan fingerprint density at radius 1 is 0.380 bits per heavy atom. The molecule has 0 spiro atoms. The summed E-state index contributed by atoms with van der Waals surface area (Å²) in [7, 11) is 0. The van der Waals surface area contributed by atoms with E-state index in [0.29, 0.717) is 33.7 Å². The van der Waals surface area contributed by atoms with Crippen molar-refractivity contribution < 1.29 is 17.1 Å². The monoisotopic (exact) mass is 647 g/mol. The molecule has 0 aliphatic carbocycles. The van der Waals surface area contributed by atoms with Gasteiger partial charge in [-0.15, -0.1) is 0 Å². The van der Waals surface area contributed by atoms with Crippen molar-refractivity contribution in [3.63, 3.8) is 0 Å². The molecule has 0 bridgehead atoms. The average Bonchev–Trinajstić information content (AvgIpc) is 3.83. The van der Waals surface area contributed by atoms with Crippen LogP contribution in [-0.4, -0.2) is 15.0 Å². The minimum absolute atomic E-state index is 0.00491. The molecule has 0 saturated carbocycles. The number of furan rings is 2. The van der Waals surface area contributed by atoms with E-state index < -0.39 is 0 Å². The Morgan fingerprint density at radius 3 is 1.82 bits per heavy atom. The lowest BCUT2D eigenvalue weighted by molar-refractivity contribution is 0.668. The third-order valence-electron chi connectivity index (χ3n) is 8.89. The molecule has 0 radical (unpaired) electrons. The van der Waals surface area contributed by atoms with Gasteiger partial charge >= 0.3 is 0 Å². The van der Waals surface area contributed by atoms with Crippen LogP contribution in [0.3, 0.4) is 0 Å². The summed E-state index contributed by atoms with van der Waals surface area (Å²) in [6.45, 7) is 0. The van der Waals surface area contributed by atoms with Gasteiger partial charge in [0.15, 0.2) is 17.5 Å². The van der Waals surface area contributed by atoms with Gasteiger partial charge in [-0.25, -0.2) is 15.0 Å². The van der Waals surface area contributed by atoms with E-state index in [1.165, 1.54) is 0 Å². The maximum atomic E-state index is 9.52. The first kappa shape index (κ1) is 22.7. The Labute approximate surface area is 295 Å². The van der Waals surface area contributed by atoms with Crippen molar-refractivity contribution in [3.05, 3.63) is 164 Å². The van der Waals surface area contributed by atoms with Crippen LogP contribution in [0, 0.1) is 0 Å². The number of para-hydroxylation sites is 1. The second-order valence-electron chi connectivity index (χ2n) is 11.9. The van der Waals surface area contributed by atoms with E-state index in [1.54, 1.807) is 0 Å². The number of hydrogen-bond donors (Lipinski definition) is 0. The molecule has 5 heteroatoms. The Hall–Kier alpha value is -6.85. The molecular formula is C45H27N3O2. The molecule has 10 aromatic rings. The van der Waals surface area contributed by atoms with Crippen molar-refractivity contribution in [3.8, 4) is 56.4 Å². The molecule has 50 heavy (non-hydrogen) atoms. The summed E-state index contributed by atoms with van der Waals surface area (Å²) in [5.74, 6) is 0.584. The number of aromatic nitrogens is 3. The van der Waals surface area contributed by atoms with Crippen molar-refractivity contribution in [2.24, 2.45) is 0 Å². The Kier molecular flexibility index (Phi) is 5.17. The first-order valence-corrected chi connectivity index (χ1v) is 16.1. The van der Waals surface area contributed by atoms with E-state index in [9.17, 15) is 4.11 Å².